The van der Waals surface area contributed by atoms with Gasteiger partial charge in [-0.3, -0.25) is 4.79 Å². The Balaban J connectivity index is 2.08. The lowest BCUT2D eigenvalue weighted by Crippen LogP contribution is -1.99. The van der Waals surface area contributed by atoms with Crippen molar-refractivity contribution in [3.63, 3.8) is 0 Å². The van der Waals surface area contributed by atoms with E-state index < -0.39 is 5.82 Å². The standard InChI is InChI=1S/C15H7BrClFO2/c16-10-3-1-2-9-7-13(20-15(9)10)14(19)8-4-5-12(18)11(17)6-8/h1-7H. The molecule has 0 spiro atoms. The van der Waals surface area contributed by atoms with Gasteiger partial charge in [0.15, 0.2) is 5.76 Å². The molecule has 3 aromatic rings. The van der Waals surface area contributed by atoms with Crippen molar-refractivity contribution in [1.29, 1.82) is 0 Å². The van der Waals surface area contributed by atoms with Crippen molar-refractivity contribution in [1.82, 2.24) is 0 Å². The van der Waals surface area contributed by atoms with Gasteiger partial charge in [-0.1, -0.05) is 23.7 Å². The third-order valence-electron chi connectivity index (χ3n) is 2.90. The Morgan fingerprint density at radius 2 is 2.00 bits per heavy atom. The summed E-state index contributed by atoms with van der Waals surface area (Å²) in [6, 6.07) is 11.0. The zero-order chi connectivity index (χ0) is 14.3. The topological polar surface area (TPSA) is 30.2 Å². The molecule has 0 saturated heterocycles. The molecule has 1 heterocycles. The van der Waals surface area contributed by atoms with Crippen LogP contribution in [0.25, 0.3) is 11.0 Å². The summed E-state index contributed by atoms with van der Waals surface area (Å²) in [5.74, 6) is -0.708. The van der Waals surface area contributed by atoms with E-state index in [-0.39, 0.29) is 22.1 Å². The third kappa shape index (κ3) is 2.25. The second kappa shape index (κ2) is 5.04. The molecule has 0 aliphatic rings. The van der Waals surface area contributed by atoms with E-state index in [1.165, 1.54) is 12.1 Å². The number of para-hydroxylation sites is 1. The van der Waals surface area contributed by atoms with Gasteiger partial charge in [-0.15, -0.1) is 0 Å². The average Bonchev–Trinajstić information content (AvgIpc) is 2.86. The highest BCUT2D eigenvalue weighted by Crippen LogP contribution is 2.28. The minimum Gasteiger partial charge on any atom is -0.451 e. The molecular formula is C15H7BrClFO2. The summed E-state index contributed by atoms with van der Waals surface area (Å²) in [5, 5.41) is 0.726. The van der Waals surface area contributed by atoms with Crippen LogP contribution in [-0.2, 0) is 0 Å². The number of furan rings is 1. The van der Waals surface area contributed by atoms with Gasteiger partial charge < -0.3 is 4.42 Å². The van der Waals surface area contributed by atoms with Gasteiger partial charge in [-0.25, -0.2) is 4.39 Å². The maximum absolute atomic E-state index is 13.1. The second-order valence-corrected chi connectivity index (χ2v) is 5.49. The van der Waals surface area contributed by atoms with Gasteiger partial charge in [0.1, 0.15) is 11.4 Å². The normalized spacial score (nSPS) is 10.9. The van der Waals surface area contributed by atoms with E-state index in [4.69, 9.17) is 16.0 Å². The average molecular weight is 354 g/mol. The van der Waals surface area contributed by atoms with E-state index in [1.807, 2.05) is 18.2 Å². The number of fused-ring (bicyclic) bond motifs is 1. The SMILES string of the molecule is O=C(c1ccc(F)c(Cl)c1)c1cc2cccc(Br)c2o1. The Morgan fingerprint density at radius 3 is 2.70 bits per heavy atom. The Bertz CT molecular complexity index is 826. The van der Waals surface area contributed by atoms with Crippen molar-refractivity contribution in [2.75, 3.05) is 0 Å². The lowest BCUT2D eigenvalue weighted by Gasteiger charge is -1.99. The molecule has 0 amide bonds. The summed E-state index contributed by atoms with van der Waals surface area (Å²) < 4.78 is 19.4. The molecule has 1 aromatic heterocycles. The van der Waals surface area contributed by atoms with Gasteiger partial charge in [-0.05, 0) is 46.3 Å². The Hall–Kier alpha value is -1.65. The minimum absolute atomic E-state index is 0.0897. The molecule has 0 aliphatic heterocycles. The fourth-order valence-electron chi connectivity index (χ4n) is 1.92. The molecular weight excluding hydrogens is 347 g/mol. The van der Waals surface area contributed by atoms with Crippen LogP contribution >= 0.6 is 27.5 Å². The van der Waals surface area contributed by atoms with Crippen molar-refractivity contribution >= 4 is 44.3 Å². The third-order valence-corrected chi connectivity index (χ3v) is 3.82. The number of carbonyl (C=O) groups excluding carboxylic acids is 1. The summed E-state index contributed by atoms with van der Waals surface area (Å²) in [6.07, 6.45) is 0. The molecule has 5 heteroatoms. The second-order valence-electron chi connectivity index (χ2n) is 4.23. The molecule has 0 unspecified atom stereocenters. The van der Waals surface area contributed by atoms with Crippen molar-refractivity contribution in [2.24, 2.45) is 0 Å². The van der Waals surface area contributed by atoms with Gasteiger partial charge in [-0.2, -0.15) is 0 Å². The van der Waals surface area contributed by atoms with Crippen LogP contribution in [0.1, 0.15) is 16.1 Å². The summed E-state index contributed by atoms with van der Waals surface area (Å²) in [5.41, 5.74) is 0.885. The molecule has 2 nitrogen and oxygen atoms in total. The number of hydrogen-bond donors (Lipinski definition) is 0. The molecule has 0 radical (unpaired) electrons. The largest absolute Gasteiger partial charge is 0.451 e. The van der Waals surface area contributed by atoms with Gasteiger partial charge in [0.2, 0.25) is 5.78 Å². The minimum atomic E-state index is -0.560. The quantitative estimate of drug-likeness (QED) is 0.591. The van der Waals surface area contributed by atoms with Crippen molar-refractivity contribution in [3.8, 4) is 0 Å². The first-order valence-corrected chi connectivity index (χ1v) is 6.91. The number of benzene rings is 2. The van der Waals surface area contributed by atoms with E-state index in [0.717, 1.165) is 15.9 Å². The Kier molecular flexibility index (Phi) is 3.36. The number of ketones is 1. The van der Waals surface area contributed by atoms with Crippen LogP contribution in [0.2, 0.25) is 5.02 Å². The lowest BCUT2D eigenvalue weighted by molar-refractivity contribution is 0.101. The van der Waals surface area contributed by atoms with Crippen LogP contribution in [0.3, 0.4) is 0 Å². The number of rotatable bonds is 2. The van der Waals surface area contributed by atoms with E-state index >= 15 is 0 Å². The monoisotopic (exact) mass is 352 g/mol. The van der Waals surface area contributed by atoms with E-state index in [0.29, 0.717) is 5.58 Å². The molecule has 3 rings (SSSR count). The first-order valence-electron chi connectivity index (χ1n) is 5.74. The predicted octanol–water partition coefficient (Wildman–Crippen LogP) is 5.22. The van der Waals surface area contributed by atoms with Gasteiger partial charge in [0.25, 0.3) is 0 Å². The Labute approximate surface area is 127 Å². The maximum Gasteiger partial charge on any atom is 0.228 e. The Morgan fingerprint density at radius 1 is 1.20 bits per heavy atom. The van der Waals surface area contributed by atoms with Crippen LogP contribution in [0.4, 0.5) is 4.39 Å². The first-order chi connectivity index (χ1) is 9.56. The van der Waals surface area contributed by atoms with E-state index in [2.05, 4.69) is 15.9 Å². The van der Waals surface area contributed by atoms with E-state index in [9.17, 15) is 9.18 Å². The van der Waals surface area contributed by atoms with Crippen LogP contribution in [0, 0.1) is 5.82 Å². The predicted molar refractivity (Wildman–Crippen MR) is 78.8 cm³/mol. The summed E-state index contributed by atoms with van der Waals surface area (Å²) in [6.45, 7) is 0. The molecule has 0 N–H and O–H groups in total. The molecule has 100 valence electrons. The van der Waals surface area contributed by atoms with Crippen LogP contribution in [0.5, 0.6) is 0 Å². The maximum atomic E-state index is 13.1. The highest BCUT2D eigenvalue weighted by Gasteiger charge is 2.16. The molecule has 2 aromatic carbocycles. The molecule has 0 saturated carbocycles. The molecule has 0 fully saturated rings. The molecule has 0 atom stereocenters. The molecule has 0 bridgehead atoms. The van der Waals surface area contributed by atoms with Gasteiger partial charge >= 0.3 is 0 Å². The number of halogens is 3. The molecule has 0 aliphatic carbocycles. The fourth-order valence-corrected chi connectivity index (χ4v) is 2.56. The van der Waals surface area contributed by atoms with Crippen molar-refractivity contribution in [2.45, 2.75) is 0 Å². The number of hydrogen-bond acceptors (Lipinski definition) is 2. The lowest BCUT2D eigenvalue weighted by atomic mass is 10.1. The van der Waals surface area contributed by atoms with Crippen molar-refractivity contribution in [3.05, 3.63) is 69.1 Å². The summed E-state index contributed by atoms with van der Waals surface area (Å²) in [7, 11) is 0. The highest BCUT2D eigenvalue weighted by atomic mass is 79.9. The van der Waals surface area contributed by atoms with Crippen LogP contribution in [-0.4, -0.2) is 5.78 Å². The van der Waals surface area contributed by atoms with Gasteiger partial charge in [0.05, 0.1) is 9.50 Å². The fraction of sp³-hybridized carbons (Fsp3) is 0. The van der Waals surface area contributed by atoms with Crippen molar-refractivity contribution < 1.29 is 13.6 Å². The zero-order valence-corrected chi connectivity index (χ0v) is 12.3. The first kappa shape index (κ1) is 13.3. The highest BCUT2D eigenvalue weighted by molar-refractivity contribution is 9.10. The van der Waals surface area contributed by atoms with Crippen LogP contribution in [0.15, 0.2) is 51.4 Å². The summed E-state index contributed by atoms with van der Waals surface area (Å²) >= 11 is 9.04. The summed E-state index contributed by atoms with van der Waals surface area (Å²) in [4.78, 5) is 12.3. The molecule has 20 heavy (non-hydrogen) atoms. The van der Waals surface area contributed by atoms with E-state index in [1.54, 1.807) is 6.07 Å². The van der Waals surface area contributed by atoms with Gasteiger partial charge in [0, 0.05) is 10.9 Å². The van der Waals surface area contributed by atoms with Crippen LogP contribution < -0.4 is 0 Å². The zero-order valence-electron chi connectivity index (χ0n) is 9.99. The smallest absolute Gasteiger partial charge is 0.228 e. The number of carbonyl (C=O) groups is 1.